The van der Waals surface area contributed by atoms with Gasteiger partial charge < -0.3 is 34.1 Å². The SMILES string of the molecule is C[N+](C)(C)CCO.C[N+](C)(C)CCOC(=O)C(O)C(O)C(=O)O. The summed E-state index contributed by atoms with van der Waals surface area (Å²) >= 11 is 0. The van der Waals surface area contributed by atoms with Crippen LogP contribution in [-0.4, -0.2) is 122 Å². The van der Waals surface area contributed by atoms with Gasteiger partial charge in [-0.3, -0.25) is 0 Å². The minimum Gasteiger partial charge on any atom is -0.479 e. The molecule has 0 saturated carbocycles. The Morgan fingerprint density at radius 2 is 1.35 bits per heavy atom. The van der Waals surface area contributed by atoms with Gasteiger partial charge in [0.15, 0.2) is 12.2 Å². The molecular weight excluding hydrogens is 308 g/mol. The lowest BCUT2D eigenvalue weighted by Crippen LogP contribution is -2.42. The second kappa shape index (κ2) is 10.5. The van der Waals surface area contributed by atoms with Gasteiger partial charge in [-0.05, 0) is 0 Å². The Morgan fingerprint density at radius 3 is 1.61 bits per heavy atom. The van der Waals surface area contributed by atoms with Crippen molar-refractivity contribution in [1.82, 2.24) is 0 Å². The number of hydrogen-bond acceptors (Lipinski definition) is 6. The Bertz CT molecular complexity index is 361. The second-order valence-electron chi connectivity index (χ2n) is 7.15. The highest BCUT2D eigenvalue weighted by molar-refractivity contribution is 5.84. The molecule has 0 bridgehead atoms. The lowest BCUT2D eigenvalue weighted by Gasteiger charge is -2.23. The van der Waals surface area contributed by atoms with Crippen LogP contribution in [0, 0.1) is 0 Å². The van der Waals surface area contributed by atoms with E-state index in [9.17, 15) is 9.59 Å². The smallest absolute Gasteiger partial charge is 0.338 e. The molecule has 9 heteroatoms. The number of aliphatic carboxylic acids is 1. The van der Waals surface area contributed by atoms with Crippen LogP contribution < -0.4 is 0 Å². The molecule has 0 amide bonds. The number of aliphatic hydroxyl groups excluding tert-OH is 3. The lowest BCUT2D eigenvalue weighted by molar-refractivity contribution is -0.870. The van der Waals surface area contributed by atoms with Crippen LogP contribution in [-0.2, 0) is 14.3 Å². The summed E-state index contributed by atoms with van der Waals surface area (Å²) in [5.74, 6) is -2.81. The lowest BCUT2D eigenvalue weighted by atomic mass is 10.2. The highest BCUT2D eigenvalue weighted by Gasteiger charge is 2.31. The molecule has 2 atom stereocenters. The van der Waals surface area contributed by atoms with Crippen LogP contribution in [0.15, 0.2) is 0 Å². The van der Waals surface area contributed by atoms with E-state index in [-0.39, 0.29) is 13.2 Å². The number of carboxylic acids is 1. The standard InChI is InChI=1S/C9H17NO6.C5H14NO/c1-10(2,3)4-5-16-9(15)7(12)6(11)8(13)14;1-6(2,3)4-5-7/h6-7,11-12H,4-5H2,1-3H3;7H,4-5H2,1-3H3/q;+1/p+1. The fraction of sp³-hybridized carbons (Fsp3) is 0.857. The maximum atomic E-state index is 11.1. The molecule has 0 aliphatic heterocycles. The Hall–Kier alpha value is -1.26. The van der Waals surface area contributed by atoms with Crippen LogP contribution in [0.5, 0.6) is 0 Å². The van der Waals surface area contributed by atoms with E-state index in [4.69, 9.17) is 20.4 Å². The van der Waals surface area contributed by atoms with Crippen molar-refractivity contribution in [2.75, 3.05) is 68.6 Å². The normalized spacial score (nSPS) is 14.3. The van der Waals surface area contributed by atoms with E-state index in [1.807, 2.05) is 21.1 Å². The van der Waals surface area contributed by atoms with Crippen molar-refractivity contribution < 1.29 is 43.7 Å². The molecule has 2 unspecified atom stereocenters. The molecule has 0 saturated heterocycles. The molecule has 0 aliphatic carbocycles. The van der Waals surface area contributed by atoms with Crippen molar-refractivity contribution in [2.45, 2.75) is 12.2 Å². The number of rotatable bonds is 8. The van der Waals surface area contributed by atoms with Crippen LogP contribution in [0.3, 0.4) is 0 Å². The predicted octanol–water partition coefficient (Wildman–Crippen LogP) is -2.27. The minimum absolute atomic E-state index is 0.0474. The second-order valence-corrected chi connectivity index (χ2v) is 7.15. The van der Waals surface area contributed by atoms with Gasteiger partial charge in [0.25, 0.3) is 0 Å². The highest BCUT2D eigenvalue weighted by Crippen LogP contribution is 1.98. The predicted molar refractivity (Wildman–Crippen MR) is 83.5 cm³/mol. The number of quaternary nitrogens is 2. The van der Waals surface area contributed by atoms with Gasteiger partial charge in [0.1, 0.15) is 19.7 Å². The van der Waals surface area contributed by atoms with Crippen molar-refractivity contribution in [3.63, 3.8) is 0 Å². The number of ether oxygens (including phenoxy) is 1. The van der Waals surface area contributed by atoms with Crippen LogP contribution in [0.2, 0.25) is 0 Å². The van der Waals surface area contributed by atoms with E-state index >= 15 is 0 Å². The molecule has 0 aromatic heterocycles. The van der Waals surface area contributed by atoms with Gasteiger partial charge in [-0.15, -0.1) is 0 Å². The molecule has 0 heterocycles. The summed E-state index contributed by atoms with van der Waals surface area (Å²) in [5.41, 5.74) is 0. The number of carbonyl (C=O) groups is 2. The molecule has 0 spiro atoms. The molecule has 0 aliphatic rings. The molecule has 4 N–H and O–H groups in total. The number of carbonyl (C=O) groups excluding carboxylic acids is 1. The Balaban J connectivity index is 0. The van der Waals surface area contributed by atoms with E-state index in [0.717, 1.165) is 11.0 Å². The molecule has 0 radical (unpaired) electrons. The monoisotopic (exact) mass is 340 g/mol. The van der Waals surface area contributed by atoms with Crippen molar-refractivity contribution in [1.29, 1.82) is 0 Å². The number of likely N-dealkylation sites (N-methyl/N-ethyl adjacent to an activating group) is 2. The summed E-state index contributed by atoms with van der Waals surface area (Å²) in [6.45, 7) is 1.68. The Kier molecular flexibility index (Phi) is 11.0. The van der Waals surface area contributed by atoms with Gasteiger partial charge in [0.05, 0.1) is 48.9 Å². The zero-order valence-corrected chi connectivity index (χ0v) is 14.9. The quantitative estimate of drug-likeness (QED) is 0.290. The third kappa shape index (κ3) is 15.4. The van der Waals surface area contributed by atoms with Gasteiger partial charge in [-0.2, -0.15) is 0 Å². The van der Waals surface area contributed by atoms with E-state index in [1.165, 1.54) is 0 Å². The zero-order valence-electron chi connectivity index (χ0n) is 14.9. The fourth-order valence-electron chi connectivity index (χ4n) is 1.07. The van der Waals surface area contributed by atoms with Crippen molar-refractivity contribution in [3.8, 4) is 0 Å². The molecule has 138 valence electrons. The maximum Gasteiger partial charge on any atom is 0.338 e. The van der Waals surface area contributed by atoms with Gasteiger partial charge in [0.2, 0.25) is 0 Å². The van der Waals surface area contributed by atoms with Crippen LogP contribution in [0.4, 0.5) is 0 Å². The Morgan fingerprint density at radius 1 is 0.913 bits per heavy atom. The summed E-state index contributed by atoms with van der Waals surface area (Å²) in [7, 11) is 11.8. The minimum atomic E-state index is -2.16. The largest absolute Gasteiger partial charge is 0.479 e. The third-order valence-electron chi connectivity index (χ3n) is 2.57. The van der Waals surface area contributed by atoms with Crippen LogP contribution in [0.1, 0.15) is 0 Å². The van der Waals surface area contributed by atoms with E-state index in [2.05, 4.69) is 25.9 Å². The summed E-state index contributed by atoms with van der Waals surface area (Å²) in [4.78, 5) is 21.3. The van der Waals surface area contributed by atoms with Gasteiger partial charge in [0, 0.05) is 0 Å². The maximum absolute atomic E-state index is 11.1. The van der Waals surface area contributed by atoms with Gasteiger partial charge >= 0.3 is 11.9 Å². The van der Waals surface area contributed by atoms with Crippen molar-refractivity contribution in [3.05, 3.63) is 0 Å². The fourth-order valence-corrected chi connectivity index (χ4v) is 1.07. The number of nitrogens with zero attached hydrogens (tertiary/aromatic N) is 2. The van der Waals surface area contributed by atoms with Gasteiger partial charge in [-0.25, -0.2) is 9.59 Å². The molecule has 0 aromatic rings. The van der Waals surface area contributed by atoms with E-state index in [1.54, 1.807) is 0 Å². The third-order valence-corrected chi connectivity index (χ3v) is 2.57. The molecule has 0 aromatic carbocycles. The first kappa shape index (κ1) is 24.0. The first-order valence-electron chi connectivity index (χ1n) is 7.18. The average molecular weight is 340 g/mol. The zero-order chi connectivity index (χ0) is 18.8. The first-order valence-corrected chi connectivity index (χ1v) is 7.18. The topological polar surface area (TPSA) is 124 Å². The first-order chi connectivity index (χ1) is 10.2. The molecule has 23 heavy (non-hydrogen) atoms. The summed E-state index contributed by atoms with van der Waals surface area (Å²) in [5, 5.41) is 34.7. The summed E-state index contributed by atoms with van der Waals surface area (Å²) in [6.07, 6.45) is -4.21. The average Bonchev–Trinajstić information content (AvgIpc) is 2.34. The van der Waals surface area contributed by atoms with Crippen LogP contribution >= 0.6 is 0 Å². The molecule has 9 nitrogen and oxygen atoms in total. The van der Waals surface area contributed by atoms with Crippen molar-refractivity contribution in [2.24, 2.45) is 0 Å². The highest BCUT2D eigenvalue weighted by atomic mass is 16.6. The number of carboxylic acid groups (broad SMARTS) is 1. The number of hydrogen-bond donors (Lipinski definition) is 4. The van der Waals surface area contributed by atoms with Crippen LogP contribution in [0.25, 0.3) is 0 Å². The molecule has 0 fully saturated rings. The Labute approximate surface area is 137 Å². The van der Waals surface area contributed by atoms with Crippen molar-refractivity contribution >= 4 is 11.9 Å². The van der Waals surface area contributed by atoms with E-state index in [0.29, 0.717) is 11.0 Å². The van der Waals surface area contributed by atoms with E-state index < -0.39 is 24.1 Å². The molecule has 0 rings (SSSR count). The van der Waals surface area contributed by atoms with Gasteiger partial charge in [-0.1, -0.05) is 0 Å². The number of aliphatic hydroxyl groups is 3. The number of esters is 1. The summed E-state index contributed by atoms with van der Waals surface area (Å²) < 4.78 is 6.03. The summed E-state index contributed by atoms with van der Waals surface area (Å²) in [6, 6.07) is 0. The molecular formula is C14H32N2O7+2.